The van der Waals surface area contributed by atoms with Gasteiger partial charge in [-0.05, 0) is 25.1 Å². The molecule has 2 aromatic rings. The van der Waals surface area contributed by atoms with Crippen LogP contribution in [0.2, 0.25) is 10.0 Å². The Bertz CT molecular complexity index is 633. The van der Waals surface area contributed by atoms with Gasteiger partial charge in [0.15, 0.2) is 0 Å². The van der Waals surface area contributed by atoms with Crippen molar-refractivity contribution >= 4 is 29.2 Å². The van der Waals surface area contributed by atoms with E-state index in [2.05, 4.69) is 5.10 Å². The van der Waals surface area contributed by atoms with E-state index in [9.17, 15) is 9.90 Å². The zero-order valence-corrected chi connectivity index (χ0v) is 12.5. The zero-order valence-electron chi connectivity index (χ0n) is 11.0. The van der Waals surface area contributed by atoms with E-state index in [1.807, 2.05) is 0 Å². The fourth-order valence-electron chi connectivity index (χ4n) is 1.43. The molecule has 112 valence electrons. The van der Waals surface area contributed by atoms with Gasteiger partial charge in [0, 0.05) is 6.07 Å². The van der Waals surface area contributed by atoms with Crippen LogP contribution in [0.5, 0.6) is 5.75 Å². The number of halogens is 2. The summed E-state index contributed by atoms with van der Waals surface area (Å²) in [6.45, 7) is 1.15. The van der Waals surface area contributed by atoms with Gasteiger partial charge in [0.25, 0.3) is 5.60 Å². The van der Waals surface area contributed by atoms with Gasteiger partial charge in [0.1, 0.15) is 12.4 Å². The van der Waals surface area contributed by atoms with Crippen LogP contribution in [0.25, 0.3) is 0 Å². The van der Waals surface area contributed by atoms with Crippen molar-refractivity contribution < 1.29 is 19.5 Å². The van der Waals surface area contributed by atoms with Crippen LogP contribution < -0.4 is 9.57 Å². The van der Waals surface area contributed by atoms with E-state index >= 15 is 0 Å². The maximum Gasteiger partial charge on any atom is 0.354 e. The molecule has 2 rings (SSSR count). The summed E-state index contributed by atoms with van der Waals surface area (Å²) in [5, 5.41) is 13.8. The molecule has 0 fully saturated rings. The van der Waals surface area contributed by atoms with Crippen LogP contribution in [-0.4, -0.2) is 33.2 Å². The number of rotatable bonds is 6. The number of carboxylic acids is 1. The molecule has 0 saturated carbocycles. The Hall–Kier alpha value is -1.92. The van der Waals surface area contributed by atoms with Gasteiger partial charge in [-0.1, -0.05) is 23.2 Å². The van der Waals surface area contributed by atoms with Gasteiger partial charge in [0.05, 0.1) is 22.4 Å². The Balaban J connectivity index is 2.09. The summed E-state index contributed by atoms with van der Waals surface area (Å²) >= 11 is 11.7. The van der Waals surface area contributed by atoms with Crippen molar-refractivity contribution in [2.24, 2.45) is 0 Å². The summed E-state index contributed by atoms with van der Waals surface area (Å²) in [7, 11) is 0. The Labute approximate surface area is 130 Å². The molecule has 1 heterocycles. The van der Waals surface area contributed by atoms with Crippen LogP contribution >= 0.6 is 23.2 Å². The van der Waals surface area contributed by atoms with E-state index in [-0.39, 0.29) is 6.61 Å². The van der Waals surface area contributed by atoms with Crippen molar-refractivity contribution in [2.45, 2.75) is 12.5 Å². The van der Waals surface area contributed by atoms with Crippen LogP contribution in [0.4, 0.5) is 0 Å². The summed E-state index contributed by atoms with van der Waals surface area (Å²) in [4.78, 5) is 17.8. The highest BCUT2D eigenvalue weighted by Crippen LogP contribution is 2.26. The molecule has 0 spiro atoms. The molecule has 21 heavy (non-hydrogen) atoms. The molecule has 0 amide bonds. The SMILES string of the molecule is CC(COc1ccc(Cl)c(Cl)c1)(On1cccn1)C(=O)O. The Morgan fingerprint density at radius 3 is 2.76 bits per heavy atom. The highest BCUT2D eigenvalue weighted by Gasteiger charge is 2.38. The van der Waals surface area contributed by atoms with Crippen LogP contribution in [0, 0.1) is 0 Å². The summed E-state index contributed by atoms with van der Waals surface area (Å²) in [5.74, 6) is -0.793. The van der Waals surface area contributed by atoms with E-state index in [1.165, 1.54) is 25.4 Å². The Morgan fingerprint density at radius 2 is 2.19 bits per heavy atom. The van der Waals surface area contributed by atoms with Gasteiger partial charge in [-0.25, -0.2) is 4.79 Å². The fraction of sp³-hybridized carbons (Fsp3) is 0.231. The first-order valence-corrected chi connectivity index (χ1v) is 6.67. The van der Waals surface area contributed by atoms with E-state index in [0.29, 0.717) is 15.8 Å². The summed E-state index contributed by atoms with van der Waals surface area (Å²) in [6, 6.07) is 6.26. The molecule has 0 aliphatic rings. The Morgan fingerprint density at radius 1 is 1.43 bits per heavy atom. The third-order valence-corrected chi connectivity index (χ3v) is 3.37. The molecule has 0 radical (unpaired) electrons. The molecule has 0 bridgehead atoms. The average molecular weight is 331 g/mol. The fourth-order valence-corrected chi connectivity index (χ4v) is 1.72. The summed E-state index contributed by atoms with van der Waals surface area (Å²) in [6.07, 6.45) is 2.96. The number of carbonyl (C=O) groups is 1. The zero-order chi connectivity index (χ0) is 15.5. The van der Waals surface area contributed by atoms with Gasteiger partial charge < -0.3 is 14.7 Å². The second-order valence-electron chi connectivity index (χ2n) is 4.40. The lowest BCUT2D eigenvalue weighted by molar-refractivity contribution is -0.170. The van der Waals surface area contributed by atoms with Gasteiger partial charge >= 0.3 is 5.97 Å². The number of nitrogens with zero attached hydrogens (tertiary/aromatic N) is 2. The average Bonchev–Trinajstić information content (AvgIpc) is 2.92. The van der Waals surface area contributed by atoms with Crippen molar-refractivity contribution in [2.75, 3.05) is 6.61 Å². The van der Waals surface area contributed by atoms with E-state index in [1.54, 1.807) is 18.2 Å². The van der Waals surface area contributed by atoms with Crippen molar-refractivity contribution in [3.05, 3.63) is 46.7 Å². The molecule has 1 unspecified atom stereocenters. The van der Waals surface area contributed by atoms with Crippen LogP contribution in [0.15, 0.2) is 36.7 Å². The molecule has 0 aliphatic heterocycles. The monoisotopic (exact) mass is 330 g/mol. The van der Waals surface area contributed by atoms with E-state index in [4.69, 9.17) is 32.8 Å². The second-order valence-corrected chi connectivity index (χ2v) is 5.21. The van der Waals surface area contributed by atoms with Gasteiger partial charge in [0.2, 0.25) is 0 Å². The van der Waals surface area contributed by atoms with Gasteiger partial charge in [-0.3, -0.25) is 0 Å². The highest BCUT2D eigenvalue weighted by molar-refractivity contribution is 6.42. The maximum atomic E-state index is 11.4. The van der Waals surface area contributed by atoms with Gasteiger partial charge in [-0.2, -0.15) is 0 Å². The predicted octanol–water partition coefficient (Wildman–Crippen LogP) is 2.54. The number of ether oxygens (including phenoxy) is 1. The second kappa shape index (κ2) is 6.24. The molecule has 1 aromatic heterocycles. The molecular formula is C13H12Cl2N2O4. The first-order valence-electron chi connectivity index (χ1n) is 5.91. The quantitative estimate of drug-likeness (QED) is 0.881. The predicted molar refractivity (Wildman–Crippen MR) is 76.8 cm³/mol. The van der Waals surface area contributed by atoms with Crippen molar-refractivity contribution in [1.82, 2.24) is 9.94 Å². The maximum absolute atomic E-state index is 11.4. The third kappa shape index (κ3) is 3.80. The first kappa shape index (κ1) is 15.5. The minimum Gasteiger partial charge on any atom is -0.489 e. The minimum absolute atomic E-state index is 0.236. The lowest BCUT2D eigenvalue weighted by Crippen LogP contribution is -2.50. The van der Waals surface area contributed by atoms with E-state index in [0.717, 1.165) is 4.85 Å². The molecule has 1 atom stereocenters. The van der Waals surface area contributed by atoms with Gasteiger partial charge in [-0.15, -0.1) is 9.94 Å². The first-order chi connectivity index (χ1) is 9.90. The lowest BCUT2D eigenvalue weighted by Gasteiger charge is -2.25. The third-order valence-electron chi connectivity index (χ3n) is 2.63. The molecule has 8 heteroatoms. The Kier molecular flexibility index (Phi) is 4.59. The number of hydrogen-bond donors (Lipinski definition) is 1. The van der Waals surface area contributed by atoms with Crippen LogP contribution in [0.3, 0.4) is 0 Å². The molecule has 1 aromatic carbocycles. The summed E-state index contributed by atoms with van der Waals surface area (Å²) < 4.78 is 5.43. The highest BCUT2D eigenvalue weighted by atomic mass is 35.5. The van der Waals surface area contributed by atoms with Crippen LogP contribution in [0.1, 0.15) is 6.92 Å². The number of carboxylic acid groups (broad SMARTS) is 1. The summed E-state index contributed by atoms with van der Waals surface area (Å²) in [5.41, 5.74) is -1.61. The smallest absolute Gasteiger partial charge is 0.354 e. The number of hydrogen-bond acceptors (Lipinski definition) is 4. The van der Waals surface area contributed by atoms with E-state index < -0.39 is 11.6 Å². The molecular weight excluding hydrogens is 319 g/mol. The molecule has 0 aliphatic carbocycles. The number of aromatic nitrogens is 2. The van der Waals surface area contributed by atoms with Crippen molar-refractivity contribution in [1.29, 1.82) is 0 Å². The largest absolute Gasteiger partial charge is 0.489 e. The molecule has 0 saturated heterocycles. The topological polar surface area (TPSA) is 73.6 Å². The standard InChI is InChI=1S/C13H12Cl2N2O4/c1-13(12(18)19,21-17-6-2-5-16-17)8-20-9-3-4-10(14)11(15)7-9/h2-7H,8H2,1H3,(H,18,19). The van der Waals surface area contributed by atoms with Crippen molar-refractivity contribution in [3.63, 3.8) is 0 Å². The molecule has 1 N–H and O–H groups in total. The number of benzene rings is 1. The van der Waals surface area contributed by atoms with Crippen molar-refractivity contribution in [3.8, 4) is 5.75 Å². The minimum atomic E-state index is -1.61. The van der Waals surface area contributed by atoms with Crippen LogP contribution in [-0.2, 0) is 4.79 Å². The molecule has 6 nitrogen and oxygen atoms in total. The lowest BCUT2D eigenvalue weighted by atomic mass is 10.1. The number of aliphatic carboxylic acids is 1. The normalized spacial score (nSPS) is 13.5.